The van der Waals surface area contributed by atoms with E-state index >= 15 is 0 Å². The fourth-order valence-electron chi connectivity index (χ4n) is 3.46. The van der Waals surface area contributed by atoms with E-state index in [9.17, 15) is 0 Å². The number of hydrogen-bond acceptors (Lipinski definition) is 2. The molecule has 1 N–H and O–H groups in total. The molecule has 3 atom stereocenters. The minimum atomic E-state index is 0.392. The largest absolute Gasteiger partial charge is 0.378 e. The van der Waals surface area contributed by atoms with Gasteiger partial charge in [0.1, 0.15) is 0 Å². The Labute approximate surface area is 130 Å². The zero-order valence-electron chi connectivity index (χ0n) is 14.4. The molecule has 2 rings (SSSR count). The molecule has 0 amide bonds. The van der Waals surface area contributed by atoms with E-state index in [1.165, 1.54) is 16.7 Å². The van der Waals surface area contributed by atoms with Crippen LogP contribution < -0.4 is 5.32 Å². The highest BCUT2D eigenvalue weighted by molar-refractivity contribution is 5.38. The van der Waals surface area contributed by atoms with E-state index in [1.54, 1.807) is 0 Å². The van der Waals surface area contributed by atoms with E-state index in [4.69, 9.17) is 4.74 Å². The van der Waals surface area contributed by atoms with E-state index in [1.807, 2.05) is 0 Å². The van der Waals surface area contributed by atoms with Crippen molar-refractivity contribution in [2.24, 2.45) is 5.92 Å². The van der Waals surface area contributed by atoms with Crippen LogP contribution in [0.4, 0.5) is 0 Å². The Morgan fingerprint density at radius 1 is 1.10 bits per heavy atom. The Hall–Kier alpha value is -0.860. The molecule has 1 aromatic carbocycles. The molecule has 2 nitrogen and oxygen atoms in total. The van der Waals surface area contributed by atoms with Gasteiger partial charge in [-0.1, -0.05) is 45.9 Å². The molecule has 21 heavy (non-hydrogen) atoms. The maximum atomic E-state index is 5.79. The molecule has 0 aliphatic carbocycles. The van der Waals surface area contributed by atoms with Crippen LogP contribution in [0.15, 0.2) is 18.2 Å². The Bertz CT molecular complexity index is 467. The highest BCUT2D eigenvalue weighted by Gasteiger charge is 2.31. The second kappa shape index (κ2) is 6.93. The molecular formula is C19H31NO. The van der Waals surface area contributed by atoms with Gasteiger partial charge in [0.15, 0.2) is 0 Å². The van der Waals surface area contributed by atoms with Crippen LogP contribution in [0.1, 0.15) is 75.6 Å². The standard InChI is InChI=1S/C19H31NO/c1-12(2)15-7-8-17(18(10-15)13(3)4)19(20-6)16-9-14(5)21-11-16/h7-8,10,12-14,16,19-20H,9,11H2,1-6H3. The molecule has 2 heteroatoms. The summed E-state index contributed by atoms with van der Waals surface area (Å²) in [6.07, 6.45) is 1.54. The first kappa shape index (κ1) is 16.5. The Kier molecular flexibility index (Phi) is 5.45. The first-order valence-electron chi connectivity index (χ1n) is 8.36. The first-order valence-corrected chi connectivity index (χ1v) is 8.36. The second-order valence-electron chi connectivity index (χ2n) is 7.10. The molecule has 1 aliphatic rings. The van der Waals surface area contributed by atoms with Gasteiger partial charge in [0.05, 0.1) is 12.7 Å². The molecule has 1 aromatic rings. The molecule has 118 valence electrons. The number of benzene rings is 1. The van der Waals surface area contributed by atoms with Gasteiger partial charge in [0, 0.05) is 12.0 Å². The predicted octanol–water partition coefficient (Wildman–Crippen LogP) is 4.62. The SMILES string of the molecule is CNC(c1ccc(C(C)C)cc1C(C)C)C1COC(C)C1. The molecule has 3 unspecified atom stereocenters. The van der Waals surface area contributed by atoms with E-state index in [2.05, 4.69) is 65.2 Å². The van der Waals surface area contributed by atoms with Crippen molar-refractivity contribution in [1.29, 1.82) is 0 Å². The topological polar surface area (TPSA) is 21.3 Å². The lowest BCUT2D eigenvalue weighted by atomic mass is 9.83. The van der Waals surface area contributed by atoms with Crippen LogP contribution >= 0.6 is 0 Å². The number of hydrogen-bond donors (Lipinski definition) is 1. The molecule has 0 radical (unpaired) electrons. The fourth-order valence-corrected chi connectivity index (χ4v) is 3.46. The van der Waals surface area contributed by atoms with Crippen LogP contribution in [0.5, 0.6) is 0 Å². The minimum absolute atomic E-state index is 0.392. The zero-order valence-corrected chi connectivity index (χ0v) is 14.4. The predicted molar refractivity (Wildman–Crippen MR) is 89.9 cm³/mol. The Balaban J connectivity index is 2.36. The summed E-state index contributed by atoms with van der Waals surface area (Å²) in [5.41, 5.74) is 4.38. The summed E-state index contributed by atoms with van der Waals surface area (Å²) in [6, 6.07) is 7.45. The van der Waals surface area contributed by atoms with Gasteiger partial charge >= 0.3 is 0 Å². The molecule has 1 fully saturated rings. The van der Waals surface area contributed by atoms with Gasteiger partial charge in [-0.2, -0.15) is 0 Å². The summed E-state index contributed by atoms with van der Waals surface area (Å²) in [6.45, 7) is 12.2. The molecule has 0 aromatic heterocycles. The lowest BCUT2D eigenvalue weighted by Crippen LogP contribution is -2.27. The Morgan fingerprint density at radius 2 is 1.81 bits per heavy atom. The van der Waals surface area contributed by atoms with Gasteiger partial charge in [-0.15, -0.1) is 0 Å². The average molecular weight is 289 g/mol. The molecule has 0 bridgehead atoms. The molecule has 1 aliphatic heterocycles. The summed E-state index contributed by atoms with van der Waals surface area (Å²) < 4.78 is 5.79. The van der Waals surface area contributed by atoms with Gasteiger partial charge in [0.25, 0.3) is 0 Å². The van der Waals surface area contributed by atoms with Crippen molar-refractivity contribution in [3.63, 3.8) is 0 Å². The second-order valence-corrected chi connectivity index (χ2v) is 7.10. The monoisotopic (exact) mass is 289 g/mol. The normalized spacial score (nSPS) is 24.0. The summed E-state index contributed by atoms with van der Waals surface area (Å²) in [4.78, 5) is 0. The van der Waals surface area contributed by atoms with Gasteiger partial charge < -0.3 is 10.1 Å². The minimum Gasteiger partial charge on any atom is -0.378 e. The molecule has 0 saturated carbocycles. The van der Waals surface area contributed by atoms with Crippen molar-refractivity contribution >= 4 is 0 Å². The summed E-state index contributed by atoms with van der Waals surface area (Å²) in [5.74, 6) is 1.71. The van der Waals surface area contributed by atoms with Crippen LogP contribution in [0.2, 0.25) is 0 Å². The van der Waals surface area contributed by atoms with Crippen LogP contribution in [0.25, 0.3) is 0 Å². The zero-order chi connectivity index (χ0) is 15.6. The van der Waals surface area contributed by atoms with Crippen molar-refractivity contribution in [3.05, 3.63) is 34.9 Å². The van der Waals surface area contributed by atoms with Gasteiger partial charge in [0.2, 0.25) is 0 Å². The third-order valence-electron chi connectivity index (χ3n) is 4.75. The van der Waals surface area contributed by atoms with Crippen LogP contribution in [-0.4, -0.2) is 19.8 Å². The number of nitrogens with one attached hydrogen (secondary N) is 1. The Morgan fingerprint density at radius 3 is 2.29 bits per heavy atom. The van der Waals surface area contributed by atoms with Crippen LogP contribution in [0.3, 0.4) is 0 Å². The summed E-state index contributed by atoms with van der Waals surface area (Å²) >= 11 is 0. The number of rotatable bonds is 5. The molecular weight excluding hydrogens is 258 g/mol. The highest BCUT2D eigenvalue weighted by atomic mass is 16.5. The van der Waals surface area contributed by atoms with Crippen molar-refractivity contribution in [2.45, 2.75) is 65.0 Å². The van der Waals surface area contributed by atoms with Crippen molar-refractivity contribution in [1.82, 2.24) is 5.32 Å². The van der Waals surface area contributed by atoms with E-state index in [-0.39, 0.29) is 0 Å². The van der Waals surface area contributed by atoms with E-state index in [0.29, 0.717) is 29.9 Å². The molecule has 1 saturated heterocycles. The van der Waals surface area contributed by atoms with Crippen LogP contribution in [-0.2, 0) is 4.74 Å². The highest BCUT2D eigenvalue weighted by Crippen LogP contribution is 2.36. The van der Waals surface area contributed by atoms with Gasteiger partial charge in [-0.25, -0.2) is 0 Å². The van der Waals surface area contributed by atoms with Crippen molar-refractivity contribution < 1.29 is 4.74 Å². The maximum absolute atomic E-state index is 5.79. The third kappa shape index (κ3) is 3.67. The van der Waals surface area contributed by atoms with Gasteiger partial charge in [-0.05, 0) is 48.9 Å². The lowest BCUT2D eigenvalue weighted by molar-refractivity contribution is 0.117. The quantitative estimate of drug-likeness (QED) is 0.854. The molecule has 0 spiro atoms. The van der Waals surface area contributed by atoms with Crippen molar-refractivity contribution in [2.75, 3.05) is 13.7 Å². The average Bonchev–Trinajstić information content (AvgIpc) is 2.86. The third-order valence-corrected chi connectivity index (χ3v) is 4.75. The van der Waals surface area contributed by atoms with Crippen LogP contribution in [0, 0.1) is 5.92 Å². The first-order chi connectivity index (χ1) is 9.93. The molecule has 1 heterocycles. The van der Waals surface area contributed by atoms with E-state index in [0.717, 1.165) is 13.0 Å². The van der Waals surface area contributed by atoms with Gasteiger partial charge in [-0.3, -0.25) is 0 Å². The smallest absolute Gasteiger partial charge is 0.0551 e. The lowest BCUT2D eigenvalue weighted by Gasteiger charge is -2.27. The fraction of sp³-hybridized carbons (Fsp3) is 0.684. The van der Waals surface area contributed by atoms with E-state index < -0.39 is 0 Å². The maximum Gasteiger partial charge on any atom is 0.0551 e. The number of ether oxygens (including phenoxy) is 1. The summed E-state index contributed by atoms with van der Waals surface area (Å²) in [7, 11) is 2.08. The summed E-state index contributed by atoms with van der Waals surface area (Å²) in [5, 5.41) is 3.54. The van der Waals surface area contributed by atoms with Crippen molar-refractivity contribution in [3.8, 4) is 0 Å².